The minimum absolute atomic E-state index is 0.141. The van der Waals surface area contributed by atoms with Gasteiger partial charge in [-0.15, -0.1) is 10.2 Å². The topological polar surface area (TPSA) is 41.5 Å². The predicted octanol–water partition coefficient (Wildman–Crippen LogP) is 5.39. The molecule has 31 heavy (non-hydrogen) atoms. The van der Waals surface area contributed by atoms with Crippen LogP contribution in [0, 0.1) is 0 Å². The third-order valence-corrected chi connectivity index (χ3v) is 7.19. The summed E-state index contributed by atoms with van der Waals surface area (Å²) in [5.74, 6) is 1.79. The lowest BCUT2D eigenvalue weighted by Crippen LogP contribution is -2.62. The number of methoxy groups -OCH3 is 1. The van der Waals surface area contributed by atoms with E-state index in [0.29, 0.717) is 6.04 Å². The summed E-state index contributed by atoms with van der Waals surface area (Å²) in [6.45, 7) is 9.33. The van der Waals surface area contributed by atoms with E-state index in [2.05, 4.69) is 98.2 Å². The zero-order valence-corrected chi connectivity index (χ0v) is 19.8. The Morgan fingerprint density at radius 2 is 1.55 bits per heavy atom. The maximum atomic E-state index is 5.32. The number of hydrogen-bond donors (Lipinski definition) is 0. The Balaban J connectivity index is 1.56. The molecular formula is C26H34N4O. The van der Waals surface area contributed by atoms with E-state index in [1.54, 1.807) is 7.11 Å². The summed E-state index contributed by atoms with van der Waals surface area (Å²) >= 11 is 0. The van der Waals surface area contributed by atoms with Crippen LogP contribution < -0.4 is 9.64 Å². The normalized spacial score (nSPS) is 18.8. The molecule has 0 amide bonds. The Hall–Kier alpha value is -2.66. The molecule has 1 aliphatic heterocycles. The number of likely N-dealkylation sites (tertiary alicyclic amines) is 1. The third kappa shape index (κ3) is 4.11. The number of hydrogen-bond acceptors (Lipinski definition) is 5. The van der Waals surface area contributed by atoms with Gasteiger partial charge in [0.2, 0.25) is 0 Å². The van der Waals surface area contributed by atoms with Crippen molar-refractivity contribution in [3.63, 3.8) is 0 Å². The number of aromatic nitrogens is 2. The number of rotatable bonds is 4. The lowest BCUT2D eigenvalue weighted by Gasteiger charge is -2.55. The van der Waals surface area contributed by atoms with Crippen LogP contribution >= 0.6 is 0 Å². The Morgan fingerprint density at radius 3 is 2.16 bits per heavy atom. The van der Waals surface area contributed by atoms with Crippen LogP contribution in [0.2, 0.25) is 0 Å². The van der Waals surface area contributed by atoms with Gasteiger partial charge in [0.1, 0.15) is 5.75 Å². The zero-order valence-electron chi connectivity index (χ0n) is 19.8. The molecule has 3 aromatic rings. The van der Waals surface area contributed by atoms with Gasteiger partial charge in [-0.1, -0.05) is 18.2 Å². The average Bonchev–Trinajstić information content (AvgIpc) is 2.76. The molecule has 0 radical (unpaired) electrons. The van der Waals surface area contributed by atoms with Gasteiger partial charge in [0.05, 0.1) is 12.8 Å². The van der Waals surface area contributed by atoms with E-state index in [1.807, 2.05) is 12.1 Å². The summed E-state index contributed by atoms with van der Waals surface area (Å²) in [6.07, 6.45) is 2.20. The van der Waals surface area contributed by atoms with Crippen molar-refractivity contribution >= 4 is 16.6 Å². The number of piperidine rings is 1. The molecule has 1 aromatic heterocycles. The van der Waals surface area contributed by atoms with Crippen LogP contribution in [0.3, 0.4) is 0 Å². The summed E-state index contributed by atoms with van der Waals surface area (Å²) in [4.78, 5) is 4.81. The van der Waals surface area contributed by atoms with Crippen molar-refractivity contribution in [3.05, 3.63) is 48.5 Å². The summed E-state index contributed by atoms with van der Waals surface area (Å²) in [5, 5.41) is 11.5. The molecule has 0 bridgehead atoms. The highest BCUT2D eigenvalue weighted by Crippen LogP contribution is 2.39. The van der Waals surface area contributed by atoms with Gasteiger partial charge in [-0.05, 0) is 88.7 Å². The van der Waals surface area contributed by atoms with Gasteiger partial charge in [0, 0.05) is 29.7 Å². The molecule has 0 atom stereocenters. The van der Waals surface area contributed by atoms with Crippen LogP contribution in [-0.4, -0.2) is 53.4 Å². The second-order valence-corrected chi connectivity index (χ2v) is 10.1. The Bertz CT molecular complexity index is 1060. The first-order valence-electron chi connectivity index (χ1n) is 11.0. The minimum atomic E-state index is 0.141. The van der Waals surface area contributed by atoms with E-state index in [-0.39, 0.29) is 11.1 Å². The van der Waals surface area contributed by atoms with Gasteiger partial charge in [-0.2, -0.15) is 0 Å². The smallest absolute Gasteiger partial charge is 0.151 e. The van der Waals surface area contributed by atoms with Crippen molar-refractivity contribution < 1.29 is 4.74 Å². The fraction of sp³-hybridized carbons (Fsp3) is 0.462. The highest BCUT2D eigenvalue weighted by Gasteiger charge is 2.44. The summed E-state index contributed by atoms with van der Waals surface area (Å²) in [5.41, 5.74) is 2.24. The molecule has 1 saturated heterocycles. The van der Waals surface area contributed by atoms with E-state index in [1.165, 1.54) is 0 Å². The number of anilines is 1. The molecule has 0 N–H and O–H groups in total. The van der Waals surface area contributed by atoms with Crippen LogP contribution in [0.1, 0.15) is 40.5 Å². The van der Waals surface area contributed by atoms with Crippen molar-refractivity contribution in [2.24, 2.45) is 0 Å². The quantitative estimate of drug-likeness (QED) is 0.568. The van der Waals surface area contributed by atoms with E-state index >= 15 is 0 Å². The highest BCUT2D eigenvalue weighted by molar-refractivity contribution is 5.87. The van der Waals surface area contributed by atoms with Crippen molar-refractivity contribution in [2.75, 3.05) is 26.1 Å². The molecule has 164 valence electrons. The molecule has 0 spiro atoms. The molecule has 1 aliphatic rings. The maximum absolute atomic E-state index is 5.32. The van der Waals surface area contributed by atoms with Crippen molar-refractivity contribution in [1.82, 2.24) is 15.1 Å². The first kappa shape index (κ1) is 21.6. The fourth-order valence-corrected chi connectivity index (χ4v) is 4.96. The molecule has 2 aromatic carbocycles. The van der Waals surface area contributed by atoms with E-state index in [9.17, 15) is 0 Å². The molecule has 0 saturated carbocycles. The fourth-order valence-electron chi connectivity index (χ4n) is 4.96. The zero-order chi connectivity index (χ0) is 22.4. The average molecular weight is 419 g/mol. The van der Waals surface area contributed by atoms with Crippen LogP contribution in [0.4, 0.5) is 5.82 Å². The van der Waals surface area contributed by atoms with Crippen molar-refractivity contribution in [1.29, 1.82) is 0 Å². The maximum Gasteiger partial charge on any atom is 0.151 e. The molecule has 5 heteroatoms. The molecule has 4 rings (SSSR count). The Morgan fingerprint density at radius 1 is 0.903 bits per heavy atom. The van der Waals surface area contributed by atoms with Crippen LogP contribution in [0.5, 0.6) is 5.75 Å². The largest absolute Gasteiger partial charge is 0.497 e. The summed E-state index contributed by atoms with van der Waals surface area (Å²) in [7, 11) is 6.08. The third-order valence-electron chi connectivity index (χ3n) is 7.19. The second kappa shape index (κ2) is 7.79. The number of ether oxygens (including phenoxy) is 1. The van der Waals surface area contributed by atoms with Gasteiger partial charge in [-0.3, -0.25) is 4.90 Å². The second-order valence-electron chi connectivity index (χ2n) is 10.1. The monoisotopic (exact) mass is 418 g/mol. The van der Waals surface area contributed by atoms with Crippen LogP contribution in [-0.2, 0) is 0 Å². The Kier molecular flexibility index (Phi) is 5.42. The first-order chi connectivity index (χ1) is 14.6. The predicted molar refractivity (Wildman–Crippen MR) is 129 cm³/mol. The number of benzene rings is 2. The first-order valence-corrected chi connectivity index (χ1v) is 11.0. The molecule has 0 unspecified atom stereocenters. The Labute approximate surface area is 186 Å². The number of nitrogens with zero attached hydrogens (tertiary/aromatic N) is 4. The van der Waals surface area contributed by atoms with Gasteiger partial charge >= 0.3 is 0 Å². The van der Waals surface area contributed by atoms with Gasteiger partial charge in [0.15, 0.2) is 5.82 Å². The standard InChI is InChI=1S/C26H34N4O/c1-25(2)16-21(17-26(3,4)30(25)6)29(5)24-13-12-23(27-28-24)20-9-8-19-15-22(31-7)11-10-18(19)14-20/h8-15,21H,16-17H2,1-7H3. The van der Waals surface area contributed by atoms with Gasteiger partial charge < -0.3 is 9.64 Å². The lowest BCUT2D eigenvalue weighted by atomic mass is 9.77. The molecule has 5 nitrogen and oxygen atoms in total. The van der Waals surface area contributed by atoms with E-state index < -0.39 is 0 Å². The summed E-state index contributed by atoms with van der Waals surface area (Å²) in [6, 6.07) is 17.1. The molecule has 0 aliphatic carbocycles. The van der Waals surface area contributed by atoms with Crippen molar-refractivity contribution in [2.45, 2.75) is 57.7 Å². The van der Waals surface area contributed by atoms with E-state index in [4.69, 9.17) is 4.74 Å². The molecule has 2 heterocycles. The van der Waals surface area contributed by atoms with Crippen molar-refractivity contribution in [3.8, 4) is 17.0 Å². The summed E-state index contributed by atoms with van der Waals surface area (Å²) < 4.78 is 5.32. The van der Waals surface area contributed by atoms with Gasteiger partial charge in [0.25, 0.3) is 0 Å². The van der Waals surface area contributed by atoms with Crippen LogP contribution in [0.15, 0.2) is 48.5 Å². The van der Waals surface area contributed by atoms with E-state index in [0.717, 1.165) is 46.4 Å². The molecule has 1 fully saturated rings. The molecular weight excluding hydrogens is 384 g/mol. The number of fused-ring (bicyclic) bond motifs is 1. The van der Waals surface area contributed by atoms with Crippen LogP contribution in [0.25, 0.3) is 22.0 Å². The SMILES string of the molecule is COc1ccc2cc(-c3ccc(N(C)C4CC(C)(C)N(C)C(C)(C)C4)nn3)ccc2c1. The highest BCUT2D eigenvalue weighted by atomic mass is 16.5. The minimum Gasteiger partial charge on any atom is -0.497 e. The lowest BCUT2D eigenvalue weighted by molar-refractivity contribution is -0.0120. The van der Waals surface area contributed by atoms with Gasteiger partial charge in [-0.25, -0.2) is 0 Å².